The molecule has 0 saturated carbocycles. The Balaban J connectivity index is 1.54. The zero-order valence-corrected chi connectivity index (χ0v) is 16.4. The summed E-state index contributed by atoms with van der Waals surface area (Å²) in [7, 11) is 0. The van der Waals surface area contributed by atoms with Crippen LogP contribution in [0, 0.1) is 6.92 Å². The van der Waals surface area contributed by atoms with Gasteiger partial charge in [0.1, 0.15) is 5.75 Å². The molecule has 2 amide bonds. The zero-order valence-electron chi connectivity index (χ0n) is 16.4. The number of halogens is 3. The van der Waals surface area contributed by atoms with Crippen molar-refractivity contribution >= 4 is 28.3 Å². The number of nitrogens with zero attached hydrogens (tertiary/aromatic N) is 1. The summed E-state index contributed by atoms with van der Waals surface area (Å²) in [6.07, 6.45) is -4.77. The van der Waals surface area contributed by atoms with E-state index in [1.807, 2.05) is 54.0 Å². The van der Waals surface area contributed by atoms with Crippen LogP contribution in [0.25, 0.3) is 16.6 Å². The number of anilines is 2. The van der Waals surface area contributed by atoms with Crippen LogP contribution in [0.1, 0.15) is 5.69 Å². The molecule has 0 radical (unpaired) electrons. The number of hydrogen-bond donors (Lipinski definition) is 2. The second kappa shape index (κ2) is 8.06. The van der Waals surface area contributed by atoms with Crippen molar-refractivity contribution in [1.82, 2.24) is 4.57 Å². The van der Waals surface area contributed by atoms with Crippen LogP contribution in [0.2, 0.25) is 0 Å². The number of fused-ring (bicyclic) bond motifs is 1. The Hall–Kier alpha value is -3.94. The van der Waals surface area contributed by atoms with E-state index >= 15 is 0 Å². The van der Waals surface area contributed by atoms with E-state index in [9.17, 15) is 18.0 Å². The van der Waals surface area contributed by atoms with Crippen molar-refractivity contribution in [1.29, 1.82) is 0 Å². The first-order chi connectivity index (χ1) is 14.8. The molecule has 8 heteroatoms. The molecule has 1 heterocycles. The minimum absolute atomic E-state index is 0.326. The van der Waals surface area contributed by atoms with E-state index in [1.165, 1.54) is 12.1 Å². The Kier molecular flexibility index (Phi) is 5.29. The van der Waals surface area contributed by atoms with Gasteiger partial charge in [-0.05, 0) is 55.5 Å². The lowest BCUT2D eigenvalue weighted by Gasteiger charge is -2.15. The van der Waals surface area contributed by atoms with Gasteiger partial charge in [0.15, 0.2) is 0 Å². The highest BCUT2D eigenvalue weighted by Gasteiger charge is 2.31. The van der Waals surface area contributed by atoms with Crippen molar-refractivity contribution in [2.45, 2.75) is 13.3 Å². The van der Waals surface area contributed by atoms with Gasteiger partial charge in [-0.2, -0.15) is 0 Å². The SMILES string of the molecule is Cc1cc2ccccc2n1-c1ccccc1NC(=O)Nc1ccc(OC(F)(F)F)cc1. The molecule has 0 aliphatic rings. The maximum absolute atomic E-state index is 12.5. The van der Waals surface area contributed by atoms with Crippen LogP contribution in [0.5, 0.6) is 5.75 Å². The zero-order chi connectivity index (χ0) is 22.0. The van der Waals surface area contributed by atoms with Crippen molar-refractivity contribution in [2.75, 3.05) is 10.6 Å². The molecule has 3 aromatic carbocycles. The monoisotopic (exact) mass is 425 g/mol. The standard InChI is InChI=1S/C23H18F3N3O2/c1-15-14-16-6-2-4-8-20(16)29(15)21-9-5-3-7-19(21)28-22(30)27-17-10-12-18(13-11-17)31-23(24,25)26/h2-14H,1H3,(H2,27,28,30). The number of para-hydroxylation sites is 3. The molecular formula is C23H18F3N3O2. The number of rotatable bonds is 4. The van der Waals surface area contributed by atoms with Crippen molar-refractivity contribution in [3.8, 4) is 11.4 Å². The summed E-state index contributed by atoms with van der Waals surface area (Å²) in [6.45, 7) is 1.99. The fraction of sp³-hybridized carbons (Fsp3) is 0.0870. The van der Waals surface area contributed by atoms with Crippen LogP contribution < -0.4 is 15.4 Å². The number of benzene rings is 3. The molecule has 0 fully saturated rings. The molecule has 5 nitrogen and oxygen atoms in total. The number of ether oxygens (including phenoxy) is 1. The highest BCUT2D eigenvalue weighted by Crippen LogP contribution is 2.29. The van der Waals surface area contributed by atoms with Crippen LogP contribution in [-0.4, -0.2) is 17.0 Å². The molecule has 0 bridgehead atoms. The van der Waals surface area contributed by atoms with E-state index in [1.54, 1.807) is 6.07 Å². The molecule has 4 rings (SSSR count). The molecular weight excluding hydrogens is 407 g/mol. The van der Waals surface area contributed by atoms with E-state index in [4.69, 9.17) is 0 Å². The Morgan fingerprint density at radius 3 is 2.32 bits per heavy atom. The van der Waals surface area contributed by atoms with Crippen LogP contribution in [0.4, 0.5) is 29.3 Å². The molecule has 0 atom stereocenters. The van der Waals surface area contributed by atoms with Gasteiger partial charge in [0.25, 0.3) is 0 Å². The quantitative estimate of drug-likeness (QED) is 0.393. The topological polar surface area (TPSA) is 55.3 Å². The predicted molar refractivity (Wildman–Crippen MR) is 114 cm³/mol. The lowest BCUT2D eigenvalue weighted by atomic mass is 10.2. The summed E-state index contributed by atoms with van der Waals surface area (Å²) < 4.78 is 42.7. The van der Waals surface area contributed by atoms with Crippen LogP contribution >= 0.6 is 0 Å². The second-order valence-electron chi connectivity index (χ2n) is 6.85. The molecule has 2 N–H and O–H groups in total. The number of nitrogens with one attached hydrogen (secondary N) is 2. The van der Waals surface area contributed by atoms with Gasteiger partial charge in [0.2, 0.25) is 0 Å². The van der Waals surface area contributed by atoms with E-state index in [2.05, 4.69) is 21.4 Å². The van der Waals surface area contributed by atoms with Crippen LogP contribution in [0.3, 0.4) is 0 Å². The summed E-state index contributed by atoms with van der Waals surface area (Å²) in [5.74, 6) is -0.362. The van der Waals surface area contributed by atoms with Gasteiger partial charge in [0, 0.05) is 16.8 Å². The summed E-state index contributed by atoms with van der Waals surface area (Å²) >= 11 is 0. The van der Waals surface area contributed by atoms with Gasteiger partial charge < -0.3 is 19.9 Å². The molecule has 31 heavy (non-hydrogen) atoms. The molecule has 1 aromatic heterocycles. The summed E-state index contributed by atoms with van der Waals surface area (Å²) in [6, 6.07) is 21.8. The average Bonchev–Trinajstić information content (AvgIpc) is 3.04. The summed E-state index contributed by atoms with van der Waals surface area (Å²) in [5.41, 5.74) is 3.73. The Morgan fingerprint density at radius 1 is 0.903 bits per heavy atom. The number of aromatic nitrogens is 1. The van der Waals surface area contributed by atoms with Gasteiger partial charge in [-0.15, -0.1) is 13.2 Å². The first kappa shape index (κ1) is 20.3. The van der Waals surface area contributed by atoms with Crippen molar-refractivity contribution in [3.05, 3.63) is 84.6 Å². The fourth-order valence-electron chi connectivity index (χ4n) is 3.41. The van der Waals surface area contributed by atoms with E-state index in [0.29, 0.717) is 11.4 Å². The smallest absolute Gasteiger partial charge is 0.406 e. The highest BCUT2D eigenvalue weighted by molar-refractivity contribution is 6.01. The average molecular weight is 425 g/mol. The molecule has 0 spiro atoms. The van der Waals surface area contributed by atoms with E-state index < -0.39 is 12.4 Å². The number of urea groups is 1. The molecule has 0 aliphatic carbocycles. The van der Waals surface area contributed by atoms with Gasteiger partial charge in [-0.25, -0.2) is 4.79 Å². The van der Waals surface area contributed by atoms with Gasteiger partial charge in [-0.1, -0.05) is 30.3 Å². The number of alkyl halides is 3. The first-order valence-corrected chi connectivity index (χ1v) is 9.40. The summed E-state index contributed by atoms with van der Waals surface area (Å²) in [5, 5.41) is 6.50. The number of hydrogen-bond acceptors (Lipinski definition) is 2. The molecule has 4 aromatic rings. The molecule has 0 aliphatic heterocycles. The normalized spacial score (nSPS) is 11.4. The van der Waals surface area contributed by atoms with Crippen LogP contribution in [0.15, 0.2) is 78.9 Å². The highest BCUT2D eigenvalue weighted by atomic mass is 19.4. The Labute approximate surface area is 176 Å². The predicted octanol–water partition coefficient (Wildman–Crippen LogP) is 6.48. The minimum atomic E-state index is -4.77. The van der Waals surface area contributed by atoms with Gasteiger partial charge in [-0.3, -0.25) is 0 Å². The van der Waals surface area contributed by atoms with Crippen molar-refractivity contribution in [3.63, 3.8) is 0 Å². The molecule has 158 valence electrons. The molecule has 0 unspecified atom stereocenters. The third-order valence-corrected chi connectivity index (χ3v) is 4.63. The third kappa shape index (κ3) is 4.63. The minimum Gasteiger partial charge on any atom is -0.406 e. The van der Waals surface area contributed by atoms with Gasteiger partial charge in [0.05, 0.1) is 16.9 Å². The summed E-state index contributed by atoms with van der Waals surface area (Å²) in [4.78, 5) is 12.5. The lowest BCUT2D eigenvalue weighted by Crippen LogP contribution is -2.20. The number of amides is 2. The maximum Gasteiger partial charge on any atom is 0.573 e. The number of aryl methyl sites for hydroxylation is 1. The number of carbonyl (C=O) groups excluding carboxylic acids is 1. The first-order valence-electron chi connectivity index (χ1n) is 9.40. The van der Waals surface area contributed by atoms with Crippen LogP contribution in [-0.2, 0) is 0 Å². The maximum atomic E-state index is 12.5. The van der Waals surface area contributed by atoms with E-state index in [0.717, 1.165) is 34.4 Å². The van der Waals surface area contributed by atoms with E-state index in [-0.39, 0.29) is 5.75 Å². The Bertz CT molecular complexity index is 1230. The Morgan fingerprint density at radius 2 is 1.58 bits per heavy atom. The third-order valence-electron chi connectivity index (χ3n) is 4.63. The van der Waals surface area contributed by atoms with Gasteiger partial charge >= 0.3 is 12.4 Å². The molecule has 0 saturated heterocycles. The number of carbonyl (C=O) groups is 1. The fourth-order valence-corrected chi connectivity index (χ4v) is 3.41. The van der Waals surface area contributed by atoms with Crippen molar-refractivity contribution < 1.29 is 22.7 Å². The second-order valence-corrected chi connectivity index (χ2v) is 6.85. The lowest BCUT2D eigenvalue weighted by molar-refractivity contribution is -0.274. The van der Waals surface area contributed by atoms with Crippen molar-refractivity contribution in [2.24, 2.45) is 0 Å². The largest absolute Gasteiger partial charge is 0.573 e.